The van der Waals surface area contributed by atoms with Crippen LogP contribution in [0.4, 0.5) is 0 Å². The minimum atomic E-state index is 0.434. The average molecular weight is 613 g/mol. The molecule has 0 aromatic carbocycles. The standard InChI is InChI=1S/C30H64Br2N2/c1-7-9-11-13-15-17-19-21-23-25-27-33(3,4)29(31)30(32)34(5,6)28-26-24-22-20-18-16-14-12-10-8-2/h29-30H,7-28H2,1-6H3/q+2. The lowest BCUT2D eigenvalue weighted by atomic mass is 10.1. The van der Waals surface area contributed by atoms with E-state index in [1.54, 1.807) is 0 Å². The van der Waals surface area contributed by atoms with Gasteiger partial charge in [0.1, 0.15) is 0 Å². The van der Waals surface area contributed by atoms with Crippen molar-refractivity contribution in [2.75, 3.05) is 41.3 Å². The molecule has 2 nitrogen and oxygen atoms in total. The number of alkyl halides is 2. The van der Waals surface area contributed by atoms with Gasteiger partial charge >= 0.3 is 0 Å². The second kappa shape index (κ2) is 21.9. The fraction of sp³-hybridized carbons (Fsp3) is 1.00. The van der Waals surface area contributed by atoms with Crippen molar-refractivity contribution >= 4 is 31.9 Å². The summed E-state index contributed by atoms with van der Waals surface area (Å²) in [6, 6.07) is 0. The van der Waals surface area contributed by atoms with Gasteiger partial charge in [-0.2, -0.15) is 0 Å². The number of hydrogen-bond donors (Lipinski definition) is 0. The molecule has 2 atom stereocenters. The van der Waals surface area contributed by atoms with Crippen molar-refractivity contribution in [3.63, 3.8) is 0 Å². The SMILES string of the molecule is CCCCCCCCCCCC[N+](C)(C)C(Br)C(Br)[N+](C)(C)CCCCCCCCCCCC. The molecule has 0 rings (SSSR count). The lowest BCUT2D eigenvalue weighted by Crippen LogP contribution is -2.59. The van der Waals surface area contributed by atoms with E-state index >= 15 is 0 Å². The summed E-state index contributed by atoms with van der Waals surface area (Å²) in [5.41, 5.74) is 0. The van der Waals surface area contributed by atoms with Gasteiger partial charge in [0.05, 0.1) is 41.3 Å². The van der Waals surface area contributed by atoms with Gasteiger partial charge in [0, 0.05) is 0 Å². The maximum atomic E-state index is 4.10. The Bertz CT molecular complexity index is 400. The Morgan fingerprint density at radius 3 is 0.824 bits per heavy atom. The molecule has 0 saturated carbocycles. The van der Waals surface area contributed by atoms with Crippen molar-refractivity contribution in [3.8, 4) is 0 Å². The first kappa shape index (κ1) is 34.9. The topological polar surface area (TPSA) is 0 Å². The molecule has 0 radical (unpaired) electrons. The highest BCUT2D eigenvalue weighted by atomic mass is 79.9. The first-order chi connectivity index (χ1) is 16.2. The van der Waals surface area contributed by atoms with Crippen LogP contribution in [0.1, 0.15) is 142 Å². The van der Waals surface area contributed by atoms with Gasteiger partial charge in [-0.15, -0.1) is 0 Å². The Hall–Kier alpha value is 0.880. The monoisotopic (exact) mass is 610 g/mol. The Kier molecular flexibility index (Phi) is 22.5. The molecular weight excluding hydrogens is 548 g/mol. The first-order valence-corrected chi connectivity index (χ1v) is 17.0. The molecule has 0 spiro atoms. The molecule has 4 heteroatoms. The van der Waals surface area contributed by atoms with Crippen molar-refractivity contribution in [1.29, 1.82) is 0 Å². The van der Waals surface area contributed by atoms with Crippen LogP contribution in [-0.2, 0) is 0 Å². The largest absolute Gasteiger partial charge is 0.311 e. The molecule has 0 aromatic heterocycles. The van der Waals surface area contributed by atoms with Gasteiger partial charge in [-0.25, -0.2) is 0 Å². The molecule has 0 N–H and O–H groups in total. The van der Waals surface area contributed by atoms with Crippen LogP contribution in [-0.4, -0.2) is 60.1 Å². The molecule has 0 aromatic rings. The lowest BCUT2D eigenvalue weighted by Gasteiger charge is -2.43. The highest BCUT2D eigenvalue weighted by Gasteiger charge is 2.41. The maximum Gasteiger partial charge on any atom is 0.206 e. The van der Waals surface area contributed by atoms with Crippen molar-refractivity contribution < 1.29 is 8.97 Å². The summed E-state index contributed by atoms with van der Waals surface area (Å²) in [5.74, 6) is 0. The molecule has 2 unspecified atom stereocenters. The number of nitrogens with zero attached hydrogens (tertiary/aromatic N) is 2. The molecule has 0 aliphatic heterocycles. The second-order valence-electron chi connectivity index (χ2n) is 12.1. The van der Waals surface area contributed by atoms with E-state index in [0.717, 1.165) is 8.97 Å². The number of rotatable bonds is 25. The molecule has 0 heterocycles. The van der Waals surface area contributed by atoms with Gasteiger partial charge in [-0.3, -0.25) is 0 Å². The van der Waals surface area contributed by atoms with E-state index in [1.165, 1.54) is 142 Å². The minimum absolute atomic E-state index is 0.434. The Balaban J connectivity index is 3.99. The summed E-state index contributed by atoms with van der Waals surface area (Å²) in [5, 5.41) is 0. The van der Waals surface area contributed by atoms with E-state index in [4.69, 9.17) is 0 Å². The number of halogens is 2. The average Bonchev–Trinajstić information content (AvgIpc) is 2.80. The zero-order valence-corrected chi connectivity index (χ0v) is 27.5. The molecule has 206 valence electrons. The van der Waals surface area contributed by atoms with E-state index < -0.39 is 0 Å². The van der Waals surface area contributed by atoms with E-state index in [1.807, 2.05) is 0 Å². The predicted octanol–water partition coefficient (Wildman–Crippen LogP) is 10.4. The summed E-state index contributed by atoms with van der Waals surface area (Å²) in [7, 11) is 9.62. The molecule has 34 heavy (non-hydrogen) atoms. The number of quaternary nitrogens is 2. The second-order valence-corrected chi connectivity index (χ2v) is 14.0. The van der Waals surface area contributed by atoms with E-state index in [0.29, 0.717) is 9.90 Å². The van der Waals surface area contributed by atoms with Crippen LogP contribution >= 0.6 is 31.9 Å². The summed E-state index contributed by atoms with van der Waals surface area (Å²) in [4.78, 5) is 0.869. The van der Waals surface area contributed by atoms with Crippen LogP contribution in [0.3, 0.4) is 0 Å². The fourth-order valence-electron chi connectivity index (χ4n) is 4.93. The number of likely N-dealkylation sites (N-methyl/N-ethyl adjacent to an activating group) is 2. The molecule has 0 amide bonds. The third kappa shape index (κ3) is 18.2. The normalized spacial score (nSPS) is 14.5. The quantitative estimate of drug-likeness (QED) is 0.0417. The Labute approximate surface area is 233 Å². The molecule has 0 saturated heterocycles. The van der Waals surface area contributed by atoms with Gasteiger partial charge in [0.25, 0.3) is 0 Å². The summed E-state index contributed by atoms with van der Waals surface area (Å²) in [6.45, 7) is 7.11. The van der Waals surface area contributed by atoms with Gasteiger partial charge in [-0.05, 0) is 57.5 Å². The summed E-state index contributed by atoms with van der Waals surface area (Å²) in [6.07, 6.45) is 28.3. The van der Waals surface area contributed by atoms with Crippen molar-refractivity contribution in [2.45, 2.75) is 152 Å². The van der Waals surface area contributed by atoms with E-state index in [2.05, 4.69) is 73.9 Å². The van der Waals surface area contributed by atoms with Crippen LogP contribution in [0.15, 0.2) is 0 Å². The third-order valence-electron chi connectivity index (χ3n) is 7.74. The van der Waals surface area contributed by atoms with Crippen LogP contribution in [0, 0.1) is 0 Å². The van der Waals surface area contributed by atoms with Gasteiger partial charge in [0.2, 0.25) is 9.90 Å². The van der Waals surface area contributed by atoms with Gasteiger partial charge < -0.3 is 8.97 Å². The fourth-order valence-corrected chi connectivity index (χ4v) is 6.62. The van der Waals surface area contributed by atoms with Gasteiger partial charge in [-0.1, -0.05) is 117 Å². The molecule has 0 aliphatic carbocycles. The molecular formula is C30H64Br2N2+2. The highest BCUT2D eigenvalue weighted by molar-refractivity contribution is 9.12. The van der Waals surface area contributed by atoms with Crippen LogP contribution in [0.25, 0.3) is 0 Å². The van der Waals surface area contributed by atoms with E-state index in [9.17, 15) is 0 Å². The number of hydrogen-bond acceptors (Lipinski definition) is 0. The molecule has 0 fully saturated rings. The smallest absolute Gasteiger partial charge is 0.206 e. The van der Waals surface area contributed by atoms with Gasteiger partial charge in [0.15, 0.2) is 0 Å². The van der Waals surface area contributed by atoms with Crippen molar-refractivity contribution in [3.05, 3.63) is 0 Å². The van der Waals surface area contributed by atoms with Crippen LogP contribution < -0.4 is 0 Å². The predicted molar refractivity (Wildman–Crippen MR) is 163 cm³/mol. The van der Waals surface area contributed by atoms with Crippen molar-refractivity contribution in [2.24, 2.45) is 0 Å². The third-order valence-corrected chi connectivity index (χ3v) is 11.7. The number of unbranched alkanes of at least 4 members (excludes halogenated alkanes) is 18. The van der Waals surface area contributed by atoms with Crippen molar-refractivity contribution in [1.82, 2.24) is 0 Å². The van der Waals surface area contributed by atoms with Crippen LogP contribution in [0.5, 0.6) is 0 Å². The minimum Gasteiger partial charge on any atom is -0.311 e. The Morgan fingerprint density at radius 1 is 0.382 bits per heavy atom. The summed E-state index contributed by atoms with van der Waals surface area (Å²) < 4.78 is 2.10. The first-order valence-electron chi connectivity index (χ1n) is 15.1. The van der Waals surface area contributed by atoms with Crippen LogP contribution in [0.2, 0.25) is 0 Å². The maximum absolute atomic E-state index is 4.10. The zero-order valence-electron chi connectivity index (χ0n) is 24.4. The molecule has 0 bridgehead atoms. The summed E-state index contributed by atoms with van der Waals surface area (Å²) >= 11 is 8.21. The lowest BCUT2D eigenvalue weighted by molar-refractivity contribution is -0.958. The highest BCUT2D eigenvalue weighted by Crippen LogP contribution is 2.30. The molecule has 0 aliphatic rings. The van der Waals surface area contributed by atoms with E-state index in [-0.39, 0.29) is 0 Å². The zero-order chi connectivity index (χ0) is 25.7. The Morgan fingerprint density at radius 2 is 0.588 bits per heavy atom.